The molecule has 0 aromatic carbocycles. The van der Waals surface area contributed by atoms with Crippen molar-refractivity contribution in [3.8, 4) is 0 Å². The van der Waals surface area contributed by atoms with Crippen LogP contribution in [0, 0.1) is 0 Å². The maximum Gasteiger partial charge on any atom is 0.187 e. The van der Waals surface area contributed by atoms with Crippen LogP contribution < -0.4 is 5.73 Å². The van der Waals surface area contributed by atoms with E-state index in [4.69, 9.17) is 29.4 Å². The lowest BCUT2D eigenvalue weighted by Gasteiger charge is -2.47. The molecule has 14 atom stereocenters. The van der Waals surface area contributed by atoms with E-state index in [-0.39, 0.29) is 6.61 Å². The summed E-state index contributed by atoms with van der Waals surface area (Å²) in [4.78, 5) is 0. The van der Waals surface area contributed by atoms with Crippen LogP contribution in [0.15, 0.2) is 0 Å². The maximum atomic E-state index is 10.6. The summed E-state index contributed by atoms with van der Waals surface area (Å²) in [6.07, 6.45) is -18.9. The monoisotopic (exact) mass is 487 g/mol. The Morgan fingerprint density at radius 2 is 1.18 bits per heavy atom. The molecule has 0 bridgehead atoms. The van der Waals surface area contributed by atoms with Gasteiger partial charge in [-0.05, 0) is 0 Å². The maximum absolute atomic E-state index is 10.6. The van der Waals surface area contributed by atoms with Crippen LogP contribution in [0.3, 0.4) is 0 Å². The van der Waals surface area contributed by atoms with Crippen LogP contribution >= 0.6 is 0 Å². The summed E-state index contributed by atoms with van der Waals surface area (Å²) >= 11 is 0. The van der Waals surface area contributed by atoms with Gasteiger partial charge in [0.1, 0.15) is 67.1 Å². The van der Waals surface area contributed by atoms with Crippen LogP contribution in [-0.4, -0.2) is 158 Å². The Morgan fingerprint density at radius 3 is 1.79 bits per heavy atom. The van der Waals surface area contributed by atoms with E-state index in [1.54, 1.807) is 0 Å². The van der Waals surface area contributed by atoms with Gasteiger partial charge in [0.05, 0.1) is 32.5 Å². The quantitative estimate of drug-likeness (QED) is 0.160. The number of ether oxygens (including phenoxy) is 5. The van der Waals surface area contributed by atoms with E-state index in [2.05, 4.69) is 0 Å². The Morgan fingerprint density at radius 1 is 0.636 bits per heavy atom. The molecule has 0 aromatic rings. The highest BCUT2D eigenvalue weighted by atomic mass is 16.7. The summed E-state index contributed by atoms with van der Waals surface area (Å²) in [6, 6.07) is -1.30. The van der Waals surface area contributed by atoms with Gasteiger partial charge >= 0.3 is 0 Å². The Balaban J connectivity index is 1.71. The summed E-state index contributed by atoms with van der Waals surface area (Å²) in [7, 11) is 0. The van der Waals surface area contributed by atoms with Crippen molar-refractivity contribution in [1.82, 2.24) is 0 Å². The number of hydrogen-bond donors (Lipinski definition) is 10. The zero-order chi connectivity index (χ0) is 24.4. The molecular weight excluding hydrogens is 454 g/mol. The lowest BCUT2D eigenvalue weighted by atomic mass is 9.95. The normalized spacial score (nSPS) is 51.5. The molecule has 0 saturated carbocycles. The van der Waals surface area contributed by atoms with E-state index >= 15 is 0 Å². The molecule has 3 fully saturated rings. The first kappa shape index (κ1) is 27.0. The molecule has 3 aliphatic heterocycles. The van der Waals surface area contributed by atoms with Crippen molar-refractivity contribution in [3.05, 3.63) is 0 Å². The van der Waals surface area contributed by atoms with Gasteiger partial charge in [0.2, 0.25) is 0 Å². The van der Waals surface area contributed by atoms with Gasteiger partial charge in [-0.3, -0.25) is 0 Å². The van der Waals surface area contributed by atoms with Crippen LogP contribution in [0.25, 0.3) is 0 Å². The highest BCUT2D eigenvalue weighted by Gasteiger charge is 2.52. The van der Waals surface area contributed by atoms with Crippen molar-refractivity contribution in [2.75, 3.05) is 26.4 Å². The van der Waals surface area contributed by atoms with E-state index in [1.807, 2.05) is 0 Å². The molecule has 0 amide bonds. The minimum absolute atomic E-state index is 0.255. The summed E-state index contributed by atoms with van der Waals surface area (Å²) in [6.45, 7) is -2.23. The van der Waals surface area contributed by atoms with Gasteiger partial charge in [-0.2, -0.15) is 0 Å². The minimum Gasteiger partial charge on any atom is -0.394 e. The van der Waals surface area contributed by atoms with Crippen molar-refractivity contribution >= 4 is 0 Å². The number of hydrogen-bond acceptors (Lipinski definition) is 15. The summed E-state index contributed by atoms with van der Waals surface area (Å²) < 4.78 is 27.1. The van der Waals surface area contributed by atoms with Gasteiger partial charge in [-0.1, -0.05) is 0 Å². The molecule has 0 aromatic heterocycles. The Hall–Kier alpha value is -0.600. The molecular formula is C18H33NO14. The smallest absolute Gasteiger partial charge is 0.187 e. The molecule has 15 nitrogen and oxygen atoms in total. The summed E-state index contributed by atoms with van der Waals surface area (Å²) in [5.74, 6) is 0. The number of rotatable bonds is 7. The lowest BCUT2D eigenvalue weighted by Crippen LogP contribution is -2.67. The van der Waals surface area contributed by atoms with Gasteiger partial charge in [-0.25, -0.2) is 0 Å². The Labute approximate surface area is 188 Å². The lowest BCUT2D eigenvalue weighted by molar-refractivity contribution is -0.362. The van der Waals surface area contributed by atoms with E-state index in [0.29, 0.717) is 0 Å². The fourth-order valence-electron chi connectivity index (χ4n) is 4.05. The molecule has 3 heterocycles. The topological polar surface area (TPSA) is 254 Å². The third kappa shape index (κ3) is 5.48. The van der Waals surface area contributed by atoms with Crippen molar-refractivity contribution in [3.63, 3.8) is 0 Å². The van der Waals surface area contributed by atoms with Crippen LogP contribution in [0.2, 0.25) is 0 Å². The number of aliphatic hydroxyl groups excluding tert-OH is 9. The van der Waals surface area contributed by atoms with E-state index in [9.17, 15) is 46.0 Å². The van der Waals surface area contributed by atoms with Crippen LogP contribution in [0.4, 0.5) is 0 Å². The molecule has 0 spiro atoms. The van der Waals surface area contributed by atoms with Gasteiger partial charge in [0, 0.05) is 0 Å². The first-order valence-electron chi connectivity index (χ1n) is 10.5. The van der Waals surface area contributed by atoms with Crippen LogP contribution in [0.5, 0.6) is 0 Å². The highest BCUT2D eigenvalue weighted by Crippen LogP contribution is 2.31. The molecule has 15 heteroatoms. The van der Waals surface area contributed by atoms with Crippen LogP contribution in [0.1, 0.15) is 0 Å². The molecule has 0 aliphatic carbocycles. The molecule has 11 N–H and O–H groups in total. The zero-order valence-electron chi connectivity index (χ0n) is 17.6. The van der Waals surface area contributed by atoms with Crippen molar-refractivity contribution in [2.45, 2.75) is 85.8 Å². The summed E-state index contributed by atoms with van der Waals surface area (Å²) in [5.41, 5.74) is 5.82. The van der Waals surface area contributed by atoms with Crippen molar-refractivity contribution in [1.29, 1.82) is 0 Å². The average molecular weight is 487 g/mol. The third-order valence-electron chi connectivity index (χ3n) is 6.09. The SMILES string of the molecule is NC1[C@H](O[C@@H]2C(CO)O[C@H](O[C@@H]3C(CO)OCC(O)[C@H]3O)C(O)[C@H]2O)OC(CO)[C@@H](O)[C@@H]1O. The number of nitrogens with two attached hydrogens (primary N) is 1. The van der Waals surface area contributed by atoms with E-state index in [0.717, 1.165) is 0 Å². The second-order valence-electron chi connectivity index (χ2n) is 8.30. The fraction of sp³-hybridized carbons (Fsp3) is 1.00. The largest absolute Gasteiger partial charge is 0.394 e. The molecule has 3 saturated heterocycles. The predicted octanol–water partition coefficient (Wildman–Crippen LogP) is -6.92. The van der Waals surface area contributed by atoms with E-state index < -0.39 is 106 Å². The average Bonchev–Trinajstić information content (AvgIpc) is 2.81. The van der Waals surface area contributed by atoms with Gasteiger partial charge in [0.25, 0.3) is 0 Å². The van der Waals surface area contributed by atoms with Gasteiger partial charge in [0.15, 0.2) is 12.6 Å². The Bertz CT molecular complexity index is 611. The second-order valence-corrected chi connectivity index (χ2v) is 8.30. The molecule has 3 rings (SSSR count). The van der Waals surface area contributed by atoms with Gasteiger partial charge < -0.3 is 75.4 Å². The highest BCUT2D eigenvalue weighted by molar-refractivity contribution is 4.96. The molecule has 3 aliphatic rings. The molecule has 194 valence electrons. The van der Waals surface area contributed by atoms with Gasteiger partial charge in [-0.15, -0.1) is 0 Å². The molecule has 0 radical (unpaired) electrons. The van der Waals surface area contributed by atoms with Crippen molar-refractivity contribution < 1.29 is 69.6 Å². The first-order chi connectivity index (χ1) is 15.6. The first-order valence-corrected chi connectivity index (χ1v) is 10.5. The fourth-order valence-corrected chi connectivity index (χ4v) is 4.05. The predicted molar refractivity (Wildman–Crippen MR) is 102 cm³/mol. The second kappa shape index (κ2) is 11.4. The Kier molecular flexibility index (Phi) is 9.35. The zero-order valence-corrected chi connectivity index (χ0v) is 17.6. The molecule has 6 unspecified atom stereocenters. The summed E-state index contributed by atoms with van der Waals surface area (Å²) in [5, 5.41) is 89.7. The molecule has 33 heavy (non-hydrogen) atoms. The van der Waals surface area contributed by atoms with E-state index in [1.165, 1.54) is 0 Å². The standard InChI is InChI=1S/C18H33NO14/c19-9-12(26)11(25)6(1-20)30-17(9)32-16-8(3-22)31-18(14(28)13(16)27)33-15-7(2-21)29-4-5(23)10(15)24/h5-18,20-28H,1-4,19H2/t5?,6?,7?,8?,9?,10-,11-,12-,13-,14?,15-,16-,17+,18-/m1/s1. The minimum atomic E-state index is -1.80. The van der Waals surface area contributed by atoms with Crippen molar-refractivity contribution in [2.24, 2.45) is 5.73 Å². The third-order valence-corrected chi connectivity index (χ3v) is 6.09. The van der Waals surface area contributed by atoms with Crippen LogP contribution in [-0.2, 0) is 23.7 Å². The number of aliphatic hydroxyl groups is 9.